The molecule has 0 bridgehead atoms. The van der Waals surface area contributed by atoms with Crippen LogP contribution < -0.4 is 5.32 Å². The van der Waals surface area contributed by atoms with Crippen molar-refractivity contribution in [2.75, 3.05) is 11.9 Å². The Morgan fingerprint density at radius 1 is 1.41 bits per heavy atom. The number of fused-ring (bicyclic) bond motifs is 1. The average Bonchev–Trinajstić information content (AvgIpc) is 3.13. The molecule has 0 spiro atoms. The zero-order valence-electron chi connectivity index (χ0n) is 12.9. The molecule has 0 aliphatic rings. The molecular formula is C15H19N5O2. The summed E-state index contributed by atoms with van der Waals surface area (Å²) >= 11 is 0. The number of rotatable bonds is 5. The van der Waals surface area contributed by atoms with Crippen molar-refractivity contribution >= 4 is 11.6 Å². The van der Waals surface area contributed by atoms with Crippen LogP contribution in [-0.4, -0.2) is 31.2 Å². The van der Waals surface area contributed by atoms with Crippen molar-refractivity contribution in [3.8, 4) is 0 Å². The monoisotopic (exact) mass is 301 g/mol. The van der Waals surface area contributed by atoms with Gasteiger partial charge in [-0.2, -0.15) is 14.6 Å². The summed E-state index contributed by atoms with van der Waals surface area (Å²) in [5, 5.41) is 17.9. The molecular weight excluding hydrogens is 282 g/mol. The summed E-state index contributed by atoms with van der Waals surface area (Å²) < 4.78 is 7.13. The van der Waals surface area contributed by atoms with E-state index in [4.69, 9.17) is 4.42 Å². The lowest BCUT2D eigenvalue weighted by Gasteiger charge is -2.22. The van der Waals surface area contributed by atoms with Gasteiger partial charge < -0.3 is 14.8 Å². The van der Waals surface area contributed by atoms with Crippen LogP contribution in [0.3, 0.4) is 0 Å². The van der Waals surface area contributed by atoms with Gasteiger partial charge in [0.05, 0.1) is 6.54 Å². The van der Waals surface area contributed by atoms with Crippen LogP contribution in [0.5, 0.6) is 0 Å². The lowest BCUT2D eigenvalue weighted by Crippen LogP contribution is -2.31. The Morgan fingerprint density at radius 3 is 2.91 bits per heavy atom. The van der Waals surface area contributed by atoms with Gasteiger partial charge in [-0.15, -0.1) is 0 Å². The second kappa shape index (κ2) is 5.42. The molecule has 3 rings (SSSR count). The predicted octanol–water partition coefficient (Wildman–Crippen LogP) is 1.91. The number of aromatic nitrogens is 4. The highest BCUT2D eigenvalue weighted by Crippen LogP contribution is 2.23. The van der Waals surface area contributed by atoms with E-state index in [1.165, 1.54) is 6.33 Å². The quantitative estimate of drug-likeness (QED) is 0.748. The molecule has 0 fully saturated rings. The third-order valence-corrected chi connectivity index (χ3v) is 3.55. The van der Waals surface area contributed by atoms with E-state index in [1.54, 1.807) is 17.5 Å². The van der Waals surface area contributed by atoms with Crippen LogP contribution in [-0.2, 0) is 12.0 Å². The summed E-state index contributed by atoms with van der Waals surface area (Å²) in [5.41, 5.74) is -0.215. The summed E-state index contributed by atoms with van der Waals surface area (Å²) in [7, 11) is 0. The van der Waals surface area contributed by atoms with Gasteiger partial charge in [-0.3, -0.25) is 0 Å². The van der Waals surface area contributed by atoms with Crippen molar-refractivity contribution in [1.29, 1.82) is 0 Å². The Kier molecular flexibility index (Phi) is 3.58. The zero-order valence-corrected chi connectivity index (χ0v) is 12.9. The van der Waals surface area contributed by atoms with Crippen LogP contribution in [0, 0.1) is 6.92 Å². The molecule has 2 N–H and O–H groups in total. The maximum absolute atomic E-state index is 10.6. The van der Waals surface area contributed by atoms with E-state index < -0.39 is 5.60 Å². The molecule has 3 aromatic heterocycles. The molecule has 7 nitrogen and oxygen atoms in total. The smallest absolute Gasteiger partial charge is 0.254 e. The normalized spacial score (nSPS) is 14.2. The van der Waals surface area contributed by atoms with Gasteiger partial charge in [0, 0.05) is 11.8 Å². The Labute approximate surface area is 128 Å². The van der Waals surface area contributed by atoms with Gasteiger partial charge in [0.15, 0.2) is 0 Å². The third-order valence-electron chi connectivity index (χ3n) is 3.55. The first-order valence-corrected chi connectivity index (χ1v) is 7.22. The van der Waals surface area contributed by atoms with Crippen LogP contribution in [0.2, 0.25) is 0 Å². The molecule has 116 valence electrons. The number of nitrogens with zero attached hydrogens (tertiary/aromatic N) is 4. The van der Waals surface area contributed by atoms with Gasteiger partial charge >= 0.3 is 0 Å². The van der Waals surface area contributed by atoms with Crippen molar-refractivity contribution in [2.45, 2.75) is 32.8 Å². The topological polar surface area (TPSA) is 88.5 Å². The molecule has 3 heterocycles. The second-order valence-corrected chi connectivity index (χ2v) is 5.50. The van der Waals surface area contributed by atoms with Crippen molar-refractivity contribution in [3.05, 3.63) is 41.7 Å². The highest BCUT2D eigenvalue weighted by Gasteiger charge is 2.27. The zero-order chi connectivity index (χ0) is 15.7. The minimum absolute atomic E-state index is 0.280. The molecule has 22 heavy (non-hydrogen) atoms. The lowest BCUT2D eigenvalue weighted by molar-refractivity contribution is 0.0467. The molecule has 0 saturated carbocycles. The summed E-state index contributed by atoms with van der Waals surface area (Å²) in [6, 6.07) is 5.53. The van der Waals surface area contributed by atoms with Crippen LogP contribution in [0.4, 0.5) is 5.82 Å². The Morgan fingerprint density at radius 2 is 2.23 bits per heavy atom. The van der Waals surface area contributed by atoms with Crippen molar-refractivity contribution in [2.24, 2.45) is 0 Å². The van der Waals surface area contributed by atoms with Crippen molar-refractivity contribution in [3.63, 3.8) is 0 Å². The van der Waals surface area contributed by atoms with Crippen LogP contribution in [0.15, 0.2) is 28.9 Å². The molecule has 7 heteroatoms. The van der Waals surface area contributed by atoms with Gasteiger partial charge in [0.25, 0.3) is 5.78 Å². The van der Waals surface area contributed by atoms with Gasteiger partial charge in [-0.25, -0.2) is 4.98 Å². The number of hydrogen-bond acceptors (Lipinski definition) is 6. The fraction of sp³-hybridized carbons (Fsp3) is 0.400. The molecule has 0 aliphatic heterocycles. The molecule has 0 radical (unpaired) electrons. The SMILES string of the molecule is CCc1cc(NCC(C)(O)c2ccc(C)o2)n2ncnc2n1. The summed E-state index contributed by atoms with van der Waals surface area (Å²) in [5.74, 6) is 2.57. The molecule has 0 amide bonds. The van der Waals surface area contributed by atoms with Crippen LogP contribution in [0.25, 0.3) is 5.78 Å². The van der Waals surface area contributed by atoms with E-state index in [1.807, 2.05) is 26.0 Å². The molecule has 0 aromatic carbocycles. The number of aryl methyl sites for hydroxylation is 2. The number of hydrogen-bond donors (Lipinski definition) is 2. The summed E-state index contributed by atoms with van der Waals surface area (Å²) in [6.07, 6.45) is 2.26. The fourth-order valence-corrected chi connectivity index (χ4v) is 2.24. The highest BCUT2D eigenvalue weighted by atomic mass is 16.4. The van der Waals surface area contributed by atoms with Crippen molar-refractivity contribution in [1.82, 2.24) is 19.6 Å². The molecule has 0 aliphatic carbocycles. The predicted molar refractivity (Wildman–Crippen MR) is 81.7 cm³/mol. The van der Waals surface area contributed by atoms with Gasteiger partial charge in [-0.05, 0) is 32.4 Å². The number of furan rings is 1. The van der Waals surface area contributed by atoms with Gasteiger partial charge in [-0.1, -0.05) is 6.92 Å². The van der Waals surface area contributed by atoms with Gasteiger partial charge in [0.2, 0.25) is 0 Å². The van der Waals surface area contributed by atoms with E-state index in [-0.39, 0.29) is 6.54 Å². The first-order valence-electron chi connectivity index (χ1n) is 7.22. The van der Waals surface area contributed by atoms with Crippen LogP contribution >= 0.6 is 0 Å². The van der Waals surface area contributed by atoms with Crippen LogP contribution in [0.1, 0.15) is 31.1 Å². The Hall–Kier alpha value is -2.41. The maximum atomic E-state index is 10.6. The molecule has 0 saturated heterocycles. The number of nitrogens with one attached hydrogen (secondary N) is 1. The summed E-state index contributed by atoms with van der Waals surface area (Å²) in [6.45, 7) is 5.87. The van der Waals surface area contributed by atoms with E-state index in [0.29, 0.717) is 11.5 Å². The Balaban J connectivity index is 1.85. The van der Waals surface area contributed by atoms with E-state index in [0.717, 1.165) is 23.7 Å². The average molecular weight is 301 g/mol. The fourth-order valence-electron chi connectivity index (χ4n) is 2.24. The largest absolute Gasteiger partial charge is 0.463 e. The minimum atomic E-state index is -1.13. The number of aliphatic hydroxyl groups is 1. The first-order chi connectivity index (χ1) is 10.5. The van der Waals surface area contributed by atoms with E-state index >= 15 is 0 Å². The highest BCUT2D eigenvalue weighted by molar-refractivity contribution is 5.45. The Bertz CT molecular complexity index is 790. The molecule has 1 unspecified atom stereocenters. The third kappa shape index (κ3) is 2.67. The molecule has 1 atom stereocenters. The second-order valence-electron chi connectivity index (χ2n) is 5.50. The molecule has 3 aromatic rings. The van der Waals surface area contributed by atoms with E-state index in [9.17, 15) is 5.11 Å². The van der Waals surface area contributed by atoms with Crippen molar-refractivity contribution < 1.29 is 9.52 Å². The summed E-state index contributed by atoms with van der Waals surface area (Å²) in [4.78, 5) is 8.50. The van der Waals surface area contributed by atoms with Gasteiger partial charge in [0.1, 0.15) is 29.3 Å². The maximum Gasteiger partial charge on any atom is 0.254 e. The minimum Gasteiger partial charge on any atom is -0.463 e. The lowest BCUT2D eigenvalue weighted by atomic mass is 10.0. The first kappa shape index (κ1) is 14.5. The van der Waals surface area contributed by atoms with E-state index in [2.05, 4.69) is 20.4 Å². The number of anilines is 1. The standard InChI is InChI=1S/C15H19N5O2/c1-4-11-7-13(20-14(19-11)17-9-18-20)16-8-15(3,21)12-6-5-10(2)22-12/h5-7,9,16,21H,4,8H2,1-3H3.